The average Bonchev–Trinajstić information content (AvgIpc) is 2.30. The van der Waals surface area contributed by atoms with Crippen molar-refractivity contribution >= 4 is 11.6 Å². The fourth-order valence-corrected chi connectivity index (χ4v) is 1.45. The summed E-state index contributed by atoms with van der Waals surface area (Å²) < 4.78 is 5.12. The third kappa shape index (κ3) is 6.08. The summed E-state index contributed by atoms with van der Waals surface area (Å²) in [5.74, 6) is 0. The van der Waals surface area contributed by atoms with Gasteiger partial charge in [0.05, 0.1) is 19.8 Å². The fourth-order valence-electron chi connectivity index (χ4n) is 1.32. The third-order valence-corrected chi connectivity index (χ3v) is 2.41. The Kier molecular flexibility index (Phi) is 7.17. The number of benzene rings is 1. The van der Waals surface area contributed by atoms with Crippen molar-refractivity contribution in [2.75, 3.05) is 32.9 Å². The molecule has 0 amide bonds. The lowest BCUT2D eigenvalue weighted by molar-refractivity contribution is 0.0940. The van der Waals surface area contributed by atoms with Gasteiger partial charge in [-0.25, -0.2) is 0 Å². The molecule has 0 aromatic heterocycles. The van der Waals surface area contributed by atoms with Gasteiger partial charge in [0.15, 0.2) is 0 Å². The highest BCUT2D eigenvalue weighted by molar-refractivity contribution is 6.30. The monoisotopic (exact) mass is 243 g/mol. The van der Waals surface area contributed by atoms with Crippen LogP contribution in [0, 0.1) is 0 Å². The molecule has 0 fully saturated rings. The predicted octanol–water partition coefficient (Wildman–Crippen LogP) is 1.48. The number of aliphatic hydroxyl groups is 1. The highest BCUT2D eigenvalue weighted by Gasteiger charge is 1.93. The minimum atomic E-state index is 0.0881. The number of nitrogens with one attached hydrogen (secondary N) is 1. The quantitative estimate of drug-likeness (QED) is 0.680. The first-order chi connectivity index (χ1) is 7.83. The van der Waals surface area contributed by atoms with E-state index in [-0.39, 0.29) is 6.61 Å². The topological polar surface area (TPSA) is 41.5 Å². The second kappa shape index (κ2) is 8.53. The molecule has 0 radical (unpaired) electrons. The van der Waals surface area contributed by atoms with Gasteiger partial charge in [0.2, 0.25) is 0 Å². The van der Waals surface area contributed by atoms with Crippen LogP contribution < -0.4 is 5.32 Å². The molecule has 0 spiro atoms. The summed E-state index contributed by atoms with van der Waals surface area (Å²) in [6, 6.07) is 7.88. The Balaban J connectivity index is 2.01. The second-order valence-corrected chi connectivity index (χ2v) is 3.90. The Labute approximate surface area is 101 Å². The first-order valence-corrected chi connectivity index (χ1v) is 5.84. The maximum absolute atomic E-state index is 8.48. The molecule has 16 heavy (non-hydrogen) atoms. The lowest BCUT2D eigenvalue weighted by Crippen LogP contribution is -2.22. The van der Waals surface area contributed by atoms with E-state index in [4.69, 9.17) is 21.4 Å². The van der Waals surface area contributed by atoms with Crippen LogP contribution in [-0.2, 0) is 11.2 Å². The first-order valence-electron chi connectivity index (χ1n) is 5.46. The van der Waals surface area contributed by atoms with E-state index in [0.29, 0.717) is 13.2 Å². The van der Waals surface area contributed by atoms with Crippen LogP contribution in [0.25, 0.3) is 0 Å². The van der Waals surface area contributed by atoms with Crippen molar-refractivity contribution in [1.29, 1.82) is 0 Å². The van der Waals surface area contributed by atoms with E-state index in [1.807, 2.05) is 24.3 Å². The number of ether oxygens (including phenoxy) is 1. The van der Waals surface area contributed by atoms with Gasteiger partial charge in [-0.15, -0.1) is 0 Å². The molecule has 0 heterocycles. The van der Waals surface area contributed by atoms with E-state index in [0.717, 1.165) is 24.5 Å². The van der Waals surface area contributed by atoms with Crippen molar-refractivity contribution in [1.82, 2.24) is 5.32 Å². The molecule has 0 saturated carbocycles. The highest BCUT2D eigenvalue weighted by atomic mass is 35.5. The molecule has 0 aliphatic carbocycles. The maximum Gasteiger partial charge on any atom is 0.0698 e. The molecule has 1 rings (SSSR count). The second-order valence-electron chi connectivity index (χ2n) is 3.46. The average molecular weight is 244 g/mol. The van der Waals surface area contributed by atoms with Crippen LogP contribution in [0.5, 0.6) is 0 Å². The molecule has 3 nitrogen and oxygen atoms in total. The van der Waals surface area contributed by atoms with E-state index in [2.05, 4.69) is 5.32 Å². The molecular formula is C12H18ClNO2. The van der Waals surface area contributed by atoms with Gasteiger partial charge in [-0.3, -0.25) is 0 Å². The van der Waals surface area contributed by atoms with E-state index >= 15 is 0 Å². The first kappa shape index (κ1) is 13.5. The Hall–Kier alpha value is -0.610. The summed E-state index contributed by atoms with van der Waals surface area (Å²) in [6.07, 6.45) is 0.983. The normalized spacial score (nSPS) is 10.6. The van der Waals surface area contributed by atoms with Crippen LogP contribution in [0.1, 0.15) is 5.56 Å². The van der Waals surface area contributed by atoms with Gasteiger partial charge in [0, 0.05) is 11.6 Å². The van der Waals surface area contributed by atoms with Gasteiger partial charge in [-0.1, -0.05) is 23.7 Å². The van der Waals surface area contributed by atoms with Crippen LogP contribution in [0.2, 0.25) is 5.02 Å². The van der Waals surface area contributed by atoms with E-state index in [9.17, 15) is 0 Å². The van der Waals surface area contributed by atoms with Crippen molar-refractivity contribution in [3.05, 3.63) is 34.9 Å². The maximum atomic E-state index is 8.48. The van der Waals surface area contributed by atoms with Gasteiger partial charge in [-0.2, -0.15) is 0 Å². The van der Waals surface area contributed by atoms with Crippen LogP contribution in [0.4, 0.5) is 0 Å². The van der Waals surface area contributed by atoms with Gasteiger partial charge in [-0.05, 0) is 30.7 Å². The fraction of sp³-hybridized carbons (Fsp3) is 0.500. The zero-order valence-corrected chi connectivity index (χ0v) is 10.0. The molecule has 2 N–H and O–H groups in total. The Morgan fingerprint density at radius 2 is 1.88 bits per heavy atom. The summed E-state index contributed by atoms with van der Waals surface area (Å²) in [5.41, 5.74) is 1.27. The molecule has 4 heteroatoms. The predicted molar refractivity (Wildman–Crippen MR) is 65.9 cm³/mol. The zero-order valence-electron chi connectivity index (χ0n) is 9.29. The summed E-state index contributed by atoms with van der Waals surface area (Å²) in [6.45, 7) is 2.88. The molecule has 0 unspecified atom stereocenters. The summed E-state index contributed by atoms with van der Waals surface area (Å²) in [4.78, 5) is 0. The van der Waals surface area contributed by atoms with E-state index < -0.39 is 0 Å². The van der Waals surface area contributed by atoms with Crippen molar-refractivity contribution < 1.29 is 9.84 Å². The Morgan fingerprint density at radius 3 is 2.56 bits per heavy atom. The van der Waals surface area contributed by atoms with Crippen LogP contribution in [-0.4, -0.2) is 38.0 Å². The molecular weight excluding hydrogens is 226 g/mol. The van der Waals surface area contributed by atoms with Gasteiger partial charge in [0.25, 0.3) is 0 Å². The molecule has 0 saturated heterocycles. The van der Waals surface area contributed by atoms with Crippen molar-refractivity contribution in [2.24, 2.45) is 0 Å². The van der Waals surface area contributed by atoms with Gasteiger partial charge in [0.1, 0.15) is 0 Å². The van der Waals surface area contributed by atoms with E-state index in [1.54, 1.807) is 0 Å². The lowest BCUT2D eigenvalue weighted by atomic mass is 10.1. The number of hydrogen-bond donors (Lipinski definition) is 2. The molecule has 0 bridgehead atoms. The minimum absolute atomic E-state index is 0.0881. The zero-order chi connectivity index (χ0) is 11.6. The third-order valence-electron chi connectivity index (χ3n) is 2.16. The van der Waals surface area contributed by atoms with Crippen molar-refractivity contribution in [3.63, 3.8) is 0 Å². The van der Waals surface area contributed by atoms with Crippen LogP contribution in [0.3, 0.4) is 0 Å². The Morgan fingerprint density at radius 1 is 1.12 bits per heavy atom. The largest absolute Gasteiger partial charge is 0.394 e. The van der Waals surface area contributed by atoms with Crippen molar-refractivity contribution in [3.8, 4) is 0 Å². The lowest BCUT2D eigenvalue weighted by Gasteiger charge is -2.05. The smallest absolute Gasteiger partial charge is 0.0698 e. The number of hydrogen-bond acceptors (Lipinski definition) is 3. The molecule has 1 aromatic rings. The number of aliphatic hydroxyl groups excluding tert-OH is 1. The highest BCUT2D eigenvalue weighted by Crippen LogP contribution is 2.09. The Bertz CT molecular complexity index is 277. The molecule has 1 aromatic carbocycles. The summed E-state index contributed by atoms with van der Waals surface area (Å²) in [7, 11) is 0. The van der Waals surface area contributed by atoms with Crippen LogP contribution >= 0.6 is 11.6 Å². The molecule has 0 aliphatic rings. The van der Waals surface area contributed by atoms with E-state index in [1.165, 1.54) is 5.56 Å². The molecule has 90 valence electrons. The van der Waals surface area contributed by atoms with Crippen LogP contribution in [0.15, 0.2) is 24.3 Å². The standard InChI is InChI=1S/C12H18ClNO2/c13-12-3-1-11(2-4-12)5-6-14-7-9-16-10-8-15/h1-4,14-15H,5-10H2. The van der Waals surface area contributed by atoms with Gasteiger partial charge < -0.3 is 15.2 Å². The molecule has 0 atom stereocenters. The minimum Gasteiger partial charge on any atom is -0.394 e. The number of rotatable bonds is 8. The molecule has 0 aliphatic heterocycles. The summed E-state index contributed by atoms with van der Waals surface area (Å²) >= 11 is 5.79. The summed E-state index contributed by atoms with van der Waals surface area (Å²) in [5, 5.41) is 12.5. The van der Waals surface area contributed by atoms with Crippen molar-refractivity contribution in [2.45, 2.75) is 6.42 Å². The SMILES string of the molecule is OCCOCCNCCc1ccc(Cl)cc1. The number of halogens is 1. The van der Waals surface area contributed by atoms with Gasteiger partial charge >= 0.3 is 0 Å².